The summed E-state index contributed by atoms with van der Waals surface area (Å²) in [5.41, 5.74) is 1.22. The molecule has 0 atom stereocenters. The van der Waals surface area contributed by atoms with Gasteiger partial charge in [-0.2, -0.15) is 11.8 Å². The van der Waals surface area contributed by atoms with Crippen LogP contribution in [0.1, 0.15) is 19.4 Å². The molecule has 90 valence electrons. The molecule has 0 amide bonds. The first-order valence-electron chi connectivity index (χ1n) is 5.47. The Labute approximate surface area is 107 Å². The quantitative estimate of drug-likeness (QED) is 0.729. The van der Waals surface area contributed by atoms with Crippen molar-refractivity contribution < 1.29 is 0 Å². The van der Waals surface area contributed by atoms with Gasteiger partial charge in [-0.25, -0.2) is 4.98 Å². The van der Waals surface area contributed by atoms with Gasteiger partial charge in [0.25, 0.3) is 0 Å². The summed E-state index contributed by atoms with van der Waals surface area (Å²) in [7, 11) is 0. The van der Waals surface area contributed by atoms with E-state index in [0.717, 1.165) is 13.1 Å². The normalized spacial score (nSPS) is 11.4. The average molecular weight is 259 g/mol. The Morgan fingerprint density at radius 3 is 2.69 bits per heavy atom. The van der Waals surface area contributed by atoms with E-state index in [0.29, 0.717) is 11.2 Å². The lowest BCUT2D eigenvalue weighted by atomic mass is 10.2. The fourth-order valence-corrected chi connectivity index (χ4v) is 1.99. The maximum absolute atomic E-state index is 5.77. The summed E-state index contributed by atoms with van der Waals surface area (Å²) >= 11 is 7.65. The third-order valence-corrected chi connectivity index (χ3v) is 3.30. The van der Waals surface area contributed by atoms with E-state index in [9.17, 15) is 0 Å². The second-order valence-corrected chi connectivity index (χ2v) is 5.42. The molecular weight excluding hydrogens is 240 g/mol. The predicted molar refractivity (Wildman–Crippen MR) is 73.2 cm³/mol. The van der Waals surface area contributed by atoms with Crippen molar-refractivity contribution >= 4 is 23.4 Å². The molecule has 0 radical (unpaired) electrons. The van der Waals surface area contributed by atoms with Gasteiger partial charge in [-0.05, 0) is 31.7 Å². The Hall–Kier alpha value is -0.250. The summed E-state index contributed by atoms with van der Waals surface area (Å²) in [5.74, 6) is 1.17. The molecule has 0 unspecified atom stereocenters. The highest BCUT2D eigenvalue weighted by Gasteiger charge is 2.09. The Morgan fingerprint density at radius 1 is 1.44 bits per heavy atom. The van der Waals surface area contributed by atoms with Crippen molar-refractivity contribution in [2.45, 2.75) is 26.4 Å². The van der Waals surface area contributed by atoms with Crippen LogP contribution < -0.4 is 0 Å². The number of hydrogen-bond donors (Lipinski definition) is 0. The zero-order valence-corrected chi connectivity index (χ0v) is 11.7. The van der Waals surface area contributed by atoms with Crippen LogP contribution in [0, 0.1) is 0 Å². The van der Waals surface area contributed by atoms with Crippen LogP contribution in [0.25, 0.3) is 0 Å². The van der Waals surface area contributed by atoms with E-state index in [1.165, 1.54) is 11.3 Å². The van der Waals surface area contributed by atoms with Gasteiger partial charge in [-0.1, -0.05) is 17.7 Å². The lowest BCUT2D eigenvalue weighted by Gasteiger charge is -2.26. The minimum absolute atomic E-state index is 0.558. The van der Waals surface area contributed by atoms with Gasteiger partial charge in [0, 0.05) is 31.1 Å². The summed E-state index contributed by atoms with van der Waals surface area (Å²) in [6, 6.07) is 4.45. The lowest BCUT2D eigenvalue weighted by Crippen LogP contribution is -2.32. The highest BCUT2D eigenvalue weighted by molar-refractivity contribution is 7.98. The minimum atomic E-state index is 0.558. The number of aromatic nitrogens is 1. The second kappa shape index (κ2) is 7.15. The van der Waals surface area contributed by atoms with Crippen molar-refractivity contribution in [3.05, 3.63) is 29.0 Å². The van der Waals surface area contributed by atoms with Crippen LogP contribution in [-0.4, -0.2) is 34.5 Å². The molecule has 0 N–H and O–H groups in total. The molecule has 1 aromatic heterocycles. The Bertz CT molecular complexity index is 300. The number of hydrogen-bond acceptors (Lipinski definition) is 3. The monoisotopic (exact) mass is 258 g/mol. The predicted octanol–water partition coefficient (Wildman–Crippen LogP) is 3.31. The van der Waals surface area contributed by atoms with Crippen LogP contribution in [0.15, 0.2) is 18.3 Å². The van der Waals surface area contributed by atoms with E-state index in [1.807, 2.05) is 30.1 Å². The molecule has 1 heterocycles. The second-order valence-electron chi connectivity index (χ2n) is 4.05. The van der Waals surface area contributed by atoms with Gasteiger partial charge < -0.3 is 0 Å². The molecule has 0 fully saturated rings. The smallest absolute Gasteiger partial charge is 0.129 e. The van der Waals surface area contributed by atoms with E-state index in [1.54, 1.807) is 0 Å². The molecule has 1 rings (SSSR count). The van der Waals surface area contributed by atoms with E-state index < -0.39 is 0 Å². The van der Waals surface area contributed by atoms with Gasteiger partial charge in [-0.15, -0.1) is 0 Å². The fraction of sp³-hybridized carbons (Fsp3) is 0.583. The number of pyridine rings is 1. The van der Waals surface area contributed by atoms with Gasteiger partial charge in [0.05, 0.1) is 0 Å². The van der Waals surface area contributed by atoms with Gasteiger partial charge in [-0.3, -0.25) is 4.90 Å². The molecule has 0 aromatic carbocycles. The maximum Gasteiger partial charge on any atom is 0.129 e. The molecule has 0 bridgehead atoms. The van der Waals surface area contributed by atoms with Crippen LogP contribution in [0.3, 0.4) is 0 Å². The van der Waals surface area contributed by atoms with E-state index >= 15 is 0 Å². The fourth-order valence-electron chi connectivity index (χ4n) is 1.46. The zero-order chi connectivity index (χ0) is 12.0. The molecule has 1 aromatic rings. The molecule has 0 spiro atoms. The van der Waals surface area contributed by atoms with Crippen LogP contribution in [0.2, 0.25) is 5.15 Å². The van der Waals surface area contributed by atoms with Crippen molar-refractivity contribution in [3.8, 4) is 0 Å². The summed E-state index contributed by atoms with van der Waals surface area (Å²) in [6.45, 7) is 6.51. The molecule has 0 saturated carbocycles. The third-order valence-electron chi connectivity index (χ3n) is 2.49. The molecular formula is C12H19ClN2S. The molecule has 4 heteroatoms. The molecule has 16 heavy (non-hydrogen) atoms. The van der Waals surface area contributed by atoms with Crippen molar-refractivity contribution in [1.82, 2.24) is 9.88 Å². The van der Waals surface area contributed by atoms with Gasteiger partial charge in [0.1, 0.15) is 5.15 Å². The zero-order valence-electron chi connectivity index (χ0n) is 10.1. The topological polar surface area (TPSA) is 16.1 Å². The lowest BCUT2D eigenvalue weighted by molar-refractivity contribution is 0.227. The first-order valence-corrected chi connectivity index (χ1v) is 7.24. The van der Waals surface area contributed by atoms with Gasteiger partial charge in [0.15, 0.2) is 0 Å². The summed E-state index contributed by atoms with van der Waals surface area (Å²) in [5, 5.41) is 0.559. The average Bonchev–Trinajstić information content (AvgIpc) is 2.26. The highest BCUT2D eigenvalue weighted by atomic mass is 35.5. The first kappa shape index (κ1) is 13.8. The third kappa shape index (κ3) is 4.73. The van der Waals surface area contributed by atoms with Crippen molar-refractivity contribution in [2.24, 2.45) is 0 Å². The van der Waals surface area contributed by atoms with Crippen LogP contribution in [0.4, 0.5) is 0 Å². The number of rotatable bonds is 6. The number of thioether (sulfide) groups is 1. The number of halogens is 1. The Balaban J connectivity index is 2.57. The van der Waals surface area contributed by atoms with Crippen molar-refractivity contribution in [3.63, 3.8) is 0 Å². The van der Waals surface area contributed by atoms with Crippen molar-refractivity contribution in [2.75, 3.05) is 18.6 Å². The first-order chi connectivity index (χ1) is 7.63. The summed E-state index contributed by atoms with van der Waals surface area (Å²) in [6.07, 6.45) is 4.00. The Morgan fingerprint density at radius 2 is 2.19 bits per heavy atom. The number of nitrogens with zero attached hydrogens (tertiary/aromatic N) is 2. The standard InChI is InChI=1S/C12H19ClN2S/c1-10(2)15(6-7-16-3)9-11-4-5-12(13)14-8-11/h4-5,8,10H,6-7,9H2,1-3H3. The molecule has 0 aliphatic carbocycles. The summed E-state index contributed by atoms with van der Waals surface area (Å²) in [4.78, 5) is 6.55. The SMILES string of the molecule is CSCCN(Cc1ccc(Cl)nc1)C(C)C. The molecule has 0 aliphatic rings. The van der Waals surface area contributed by atoms with Gasteiger partial charge >= 0.3 is 0 Å². The van der Waals surface area contributed by atoms with Crippen LogP contribution >= 0.6 is 23.4 Å². The Kier molecular flexibility index (Phi) is 6.17. The molecule has 2 nitrogen and oxygen atoms in total. The van der Waals surface area contributed by atoms with Crippen molar-refractivity contribution in [1.29, 1.82) is 0 Å². The largest absolute Gasteiger partial charge is 0.296 e. The molecule has 0 saturated heterocycles. The highest BCUT2D eigenvalue weighted by Crippen LogP contribution is 2.11. The van der Waals surface area contributed by atoms with E-state index in [4.69, 9.17) is 11.6 Å². The van der Waals surface area contributed by atoms with E-state index in [-0.39, 0.29) is 0 Å². The van der Waals surface area contributed by atoms with Gasteiger partial charge in [0.2, 0.25) is 0 Å². The summed E-state index contributed by atoms with van der Waals surface area (Å²) < 4.78 is 0. The van der Waals surface area contributed by atoms with Crippen LogP contribution in [-0.2, 0) is 6.54 Å². The maximum atomic E-state index is 5.77. The molecule has 0 aliphatic heterocycles. The minimum Gasteiger partial charge on any atom is -0.296 e. The van der Waals surface area contributed by atoms with Crippen LogP contribution in [0.5, 0.6) is 0 Å². The van der Waals surface area contributed by atoms with E-state index in [2.05, 4.69) is 30.0 Å².